The first-order valence-electron chi connectivity index (χ1n) is 17.1. The summed E-state index contributed by atoms with van der Waals surface area (Å²) in [7, 11) is 0. The molecule has 0 aromatic heterocycles. The maximum atomic E-state index is 11.6. The van der Waals surface area contributed by atoms with Gasteiger partial charge in [-0.3, -0.25) is 0 Å². The number of allylic oxidation sites excluding steroid dienone is 2. The second-order valence-electron chi connectivity index (χ2n) is 11.3. The summed E-state index contributed by atoms with van der Waals surface area (Å²) < 4.78 is 1.46. The summed E-state index contributed by atoms with van der Waals surface area (Å²) in [5, 5.41) is 2.56. The first-order chi connectivity index (χ1) is 21.1. The fraction of sp³-hybridized carbons (Fsp3) is 0.550. The zero-order chi connectivity index (χ0) is 31.1. The van der Waals surface area contributed by atoms with Crippen LogP contribution in [0.25, 0.3) is 16.9 Å². The molecule has 0 N–H and O–H groups in total. The van der Waals surface area contributed by atoms with Crippen molar-refractivity contribution >= 4 is 11.4 Å². The second-order valence-corrected chi connectivity index (χ2v) is 13.1. The Bertz CT molecular complexity index is 1210. The number of rotatable bonds is 18. The molecule has 0 radical (unpaired) electrons. The average molecular weight is 626 g/mol. The zero-order valence-corrected chi connectivity index (χ0v) is 28.9. The van der Waals surface area contributed by atoms with E-state index >= 15 is 0 Å². The van der Waals surface area contributed by atoms with E-state index in [-0.39, 0.29) is 0 Å². The Kier molecular flexibility index (Phi) is 19.7. The molecule has 0 atom stereocenters. The SMILES string of the molecule is CCCCCCCC#CCCc1ccccc1C1=CC(CCCCC)=C(c2cccc(CCCC)c2)[N+]1=[N-].C[CH2][Ni][CH2]C. The maximum absolute atomic E-state index is 11.6. The molecule has 0 amide bonds. The molecule has 43 heavy (non-hydrogen) atoms. The van der Waals surface area contributed by atoms with Crippen molar-refractivity contribution in [3.8, 4) is 11.8 Å². The van der Waals surface area contributed by atoms with Crippen molar-refractivity contribution in [3.05, 3.63) is 88.0 Å². The molecule has 0 fully saturated rings. The molecule has 0 saturated carbocycles. The fourth-order valence-corrected chi connectivity index (χ4v) is 5.89. The Balaban J connectivity index is 0.00000119. The third-order valence-corrected chi connectivity index (χ3v) is 8.77. The van der Waals surface area contributed by atoms with Gasteiger partial charge in [-0.1, -0.05) is 96.0 Å². The number of unbranched alkanes of at least 4 members (excludes halogenated alkanes) is 8. The summed E-state index contributed by atoms with van der Waals surface area (Å²) in [6.07, 6.45) is 19.4. The van der Waals surface area contributed by atoms with Crippen LogP contribution in [0.2, 0.25) is 10.8 Å². The van der Waals surface area contributed by atoms with Crippen LogP contribution in [0.15, 0.2) is 60.2 Å². The van der Waals surface area contributed by atoms with E-state index in [0.717, 1.165) is 61.0 Å². The van der Waals surface area contributed by atoms with Crippen molar-refractivity contribution in [2.45, 2.75) is 142 Å². The van der Waals surface area contributed by atoms with Gasteiger partial charge in [0.15, 0.2) is 0 Å². The molecule has 1 aliphatic rings. The van der Waals surface area contributed by atoms with E-state index in [0.29, 0.717) is 0 Å². The van der Waals surface area contributed by atoms with Gasteiger partial charge in [0.1, 0.15) is 0 Å². The predicted molar refractivity (Wildman–Crippen MR) is 185 cm³/mol. The van der Waals surface area contributed by atoms with Crippen LogP contribution in [0, 0.1) is 11.8 Å². The van der Waals surface area contributed by atoms with Gasteiger partial charge >= 0.3 is 39.1 Å². The van der Waals surface area contributed by atoms with Gasteiger partial charge in [-0.15, -0.1) is 11.8 Å². The number of hydrogen-bond acceptors (Lipinski definition) is 0. The van der Waals surface area contributed by atoms with Crippen LogP contribution in [-0.4, -0.2) is 4.70 Å². The van der Waals surface area contributed by atoms with Gasteiger partial charge in [0.25, 0.3) is 0 Å². The van der Waals surface area contributed by atoms with Crippen LogP contribution in [0.1, 0.15) is 140 Å². The van der Waals surface area contributed by atoms with Gasteiger partial charge in [-0.25, -0.2) is 4.70 Å². The molecule has 1 aliphatic heterocycles. The van der Waals surface area contributed by atoms with E-state index < -0.39 is 0 Å². The molecular formula is C40H58N2Ni. The molecule has 0 unspecified atom stereocenters. The van der Waals surface area contributed by atoms with Crippen LogP contribution in [0.4, 0.5) is 0 Å². The van der Waals surface area contributed by atoms with Crippen LogP contribution in [0.5, 0.6) is 0 Å². The molecular weight excluding hydrogens is 567 g/mol. The van der Waals surface area contributed by atoms with Crippen LogP contribution in [-0.2, 0) is 27.3 Å². The van der Waals surface area contributed by atoms with Crippen molar-refractivity contribution in [2.75, 3.05) is 0 Å². The molecule has 1 heterocycles. The third-order valence-electron chi connectivity index (χ3n) is 7.78. The van der Waals surface area contributed by atoms with Crippen molar-refractivity contribution < 1.29 is 19.1 Å². The molecule has 238 valence electrons. The monoisotopic (exact) mass is 624 g/mol. The Labute approximate surface area is 271 Å². The van der Waals surface area contributed by atoms with Crippen LogP contribution >= 0.6 is 0 Å². The molecule has 3 rings (SSSR count). The molecule has 0 bridgehead atoms. The van der Waals surface area contributed by atoms with E-state index in [9.17, 15) is 5.53 Å². The molecule has 2 aromatic rings. The zero-order valence-electron chi connectivity index (χ0n) is 27.9. The van der Waals surface area contributed by atoms with Crippen LogP contribution in [0.3, 0.4) is 0 Å². The standard InChI is InChI=1S/C36H48N2.2C2H5.Ni/c1-4-7-10-11-12-13-14-15-17-23-31-24-18-19-27-34(31)35-29-33(25-16-8-5-2)36(38(35)37)32-26-20-22-30(28-32)21-9-6-3;2*1-2;/h18-20,22,24,26-29H,4-13,16-17,21,23,25H2,1-3H3;2*1H2,2H3;. The quantitative estimate of drug-likeness (QED) is 0.0682. The fourth-order valence-electron chi connectivity index (χ4n) is 5.40. The second kappa shape index (κ2) is 23.0. The van der Waals surface area contributed by atoms with Crippen molar-refractivity contribution in [1.29, 1.82) is 0 Å². The summed E-state index contributed by atoms with van der Waals surface area (Å²) in [6.45, 7) is 11.1. The van der Waals surface area contributed by atoms with Gasteiger partial charge in [0.05, 0.1) is 0 Å². The average Bonchev–Trinajstić information content (AvgIpc) is 3.35. The molecule has 0 aliphatic carbocycles. The Morgan fingerprint density at radius 2 is 1.37 bits per heavy atom. The number of benzene rings is 2. The Morgan fingerprint density at radius 3 is 2.09 bits per heavy atom. The summed E-state index contributed by atoms with van der Waals surface area (Å²) in [5.74, 6) is 6.78. The molecule has 0 saturated heterocycles. The number of hydrogen-bond donors (Lipinski definition) is 0. The predicted octanol–water partition coefficient (Wildman–Crippen LogP) is 12.7. The van der Waals surface area contributed by atoms with Gasteiger partial charge in [-0.05, 0) is 67.9 Å². The minimum atomic E-state index is 0.855. The summed E-state index contributed by atoms with van der Waals surface area (Å²) >= 11 is 1.82. The minimum absolute atomic E-state index is 0.855. The van der Waals surface area contributed by atoms with E-state index in [1.807, 2.05) is 14.4 Å². The summed E-state index contributed by atoms with van der Waals surface area (Å²) in [6, 6.07) is 17.3. The van der Waals surface area contributed by atoms with E-state index in [1.54, 1.807) is 0 Å². The Morgan fingerprint density at radius 1 is 0.674 bits per heavy atom. The normalized spacial score (nSPS) is 12.6. The topological polar surface area (TPSA) is 25.3 Å². The first kappa shape index (κ1) is 36.8. The molecule has 2 nitrogen and oxygen atoms in total. The van der Waals surface area contributed by atoms with Crippen molar-refractivity contribution in [2.24, 2.45) is 0 Å². The number of nitrogens with zero attached hydrogens (tertiary/aromatic N) is 2. The van der Waals surface area contributed by atoms with Crippen molar-refractivity contribution in [3.63, 3.8) is 0 Å². The van der Waals surface area contributed by atoms with Crippen LogP contribution < -0.4 is 0 Å². The van der Waals surface area contributed by atoms with Gasteiger partial charge in [0.2, 0.25) is 11.4 Å². The van der Waals surface area contributed by atoms with Gasteiger partial charge < -0.3 is 5.53 Å². The first-order valence-corrected chi connectivity index (χ1v) is 18.5. The summed E-state index contributed by atoms with van der Waals surface area (Å²) in [5.41, 5.74) is 19.5. The third kappa shape index (κ3) is 13.4. The molecule has 2 aromatic carbocycles. The summed E-state index contributed by atoms with van der Waals surface area (Å²) in [4.78, 5) is 0. The molecule has 0 spiro atoms. The molecule has 3 heteroatoms. The Hall–Kier alpha value is -2.43. The van der Waals surface area contributed by atoms with Gasteiger partial charge in [0, 0.05) is 35.6 Å². The van der Waals surface area contributed by atoms with Gasteiger partial charge in [-0.2, -0.15) is 0 Å². The van der Waals surface area contributed by atoms with Crippen molar-refractivity contribution in [1.82, 2.24) is 0 Å². The van der Waals surface area contributed by atoms with E-state index in [4.69, 9.17) is 0 Å². The van der Waals surface area contributed by atoms with E-state index in [1.165, 1.54) is 90.0 Å². The number of aryl methyl sites for hydroxylation is 2. The van der Waals surface area contributed by atoms with E-state index in [2.05, 4.69) is 101 Å².